The van der Waals surface area contributed by atoms with Crippen LogP contribution < -0.4 is 19.9 Å². The van der Waals surface area contributed by atoms with Crippen LogP contribution in [0.25, 0.3) is 10.8 Å². The van der Waals surface area contributed by atoms with Gasteiger partial charge in [-0.2, -0.15) is 9.97 Å². The van der Waals surface area contributed by atoms with E-state index in [1.54, 1.807) is 0 Å². The number of anilines is 2. The Kier molecular flexibility index (Phi) is 7.71. The number of piperazine rings is 1. The van der Waals surface area contributed by atoms with Gasteiger partial charge in [-0.05, 0) is 82.0 Å². The summed E-state index contributed by atoms with van der Waals surface area (Å²) in [5.74, 6) is 1.10. The first kappa shape index (κ1) is 26.9. The highest BCUT2D eigenvalue weighted by Crippen LogP contribution is 2.37. The van der Waals surface area contributed by atoms with Crippen molar-refractivity contribution in [3.63, 3.8) is 0 Å². The van der Waals surface area contributed by atoms with Gasteiger partial charge in [0.1, 0.15) is 12.4 Å². The van der Waals surface area contributed by atoms with Crippen LogP contribution in [0.15, 0.2) is 36.4 Å². The van der Waals surface area contributed by atoms with Crippen molar-refractivity contribution in [2.45, 2.75) is 76.0 Å². The Morgan fingerprint density at radius 3 is 2.59 bits per heavy atom. The second kappa shape index (κ2) is 11.7. The van der Waals surface area contributed by atoms with Crippen LogP contribution in [-0.4, -0.2) is 84.5 Å². The molecule has 0 radical (unpaired) electrons. The van der Waals surface area contributed by atoms with Crippen molar-refractivity contribution in [3.05, 3.63) is 53.2 Å². The van der Waals surface area contributed by atoms with Gasteiger partial charge in [0, 0.05) is 61.0 Å². The molecule has 3 fully saturated rings. The lowest BCUT2D eigenvalue weighted by atomic mass is 9.96. The largest absolute Gasteiger partial charge is 0.462 e. The van der Waals surface area contributed by atoms with Crippen molar-refractivity contribution in [3.8, 4) is 6.01 Å². The van der Waals surface area contributed by atoms with E-state index in [4.69, 9.17) is 14.7 Å². The van der Waals surface area contributed by atoms with Gasteiger partial charge in [0.2, 0.25) is 0 Å². The summed E-state index contributed by atoms with van der Waals surface area (Å²) < 4.78 is 6.37. The summed E-state index contributed by atoms with van der Waals surface area (Å²) in [4.78, 5) is 17.6. The number of aryl methyl sites for hydroxylation is 1. The normalized spacial score (nSPS) is 24.3. The van der Waals surface area contributed by atoms with Crippen LogP contribution in [0.4, 0.5) is 11.5 Å². The number of aromatic nitrogens is 2. The van der Waals surface area contributed by atoms with Crippen LogP contribution in [0.2, 0.25) is 0 Å². The number of aliphatic hydroxyl groups is 1. The Morgan fingerprint density at radius 2 is 1.80 bits per heavy atom. The maximum absolute atomic E-state index is 9.35. The lowest BCUT2D eigenvalue weighted by Gasteiger charge is -2.37. The molecule has 8 nitrogen and oxygen atoms in total. The predicted molar refractivity (Wildman–Crippen MR) is 164 cm³/mol. The molecule has 3 atom stereocenters. The molecule has 3 aromatic rings. The number of rotatable bonds is 9. The topological polar surface area (TPSA) is 77.0 Å². The number of unbranched alkanes of at least 4 members (excludes halogenated alkanes) is 1. The number of likely N-dealkylation sites (tertiary alicyclic amines) is 1. The van der Waals surface area contributed by atoms with Gasteiger partial charge in [-0.3, -0.25) is 0 Å². The fraction of sp³-hybridized carbons (Fsp3) is 0.576. The molecule has 2 bridgehead atoms. The van der Waals surface area contributed by atoms with Gasteiger partial charge in [-0.1, -0.05) is 30.3 Å². The van der Waals surface area contributed by atoms with E-state index in [0.717, 1.165) is 69.9 Å². The summed E-state index contributed by atoms with van der Waals surface area (Å²) >= 11 is 0. The van der Waals surface area contributed by atoms with Gasteiger partial charge >= 0.3 is 6.01 Å². The molecule has 1 aromatic heterocycles. The quantitative estimate of drug-likeness (QED) is 0.384. The van der Waals surface area contributed by atoms with Crippen LogP contribution in [-0.2, 0) is 19.4 Å². The molecule has 0 amide bonds. The van der Waals surface area contributed by atoms with Gasteiger partial charge in [-0.25, -0.2) is 0 Å². The average Bonchev–Trinajstić information content (AvgIpc) is 3.57. The molecule has 5 heterocycles. The molecule has 1 unspecified atom stereocenters. The lowest BCUT2D eigenvalue weighted by Crippen LogP contribution is -2.52. The SMILES string of the molecule is CN1CCCC1COc1nc2c(c(N3C[C@H]4CC[C@@H](C3)N4)n1)CCN(c1cccc3cccc(CCCCO)c13)C2. The molecule has 2 N–H and O–H groups in total. The zero-order valence-corrected chi connectivity index (χ0v) is 24.4. The molecule has 2 aromatic carbocycles. The molecule has 3 saturated heterocycles. The van der Waals surface area contributed by atoms with Crippen molar-refractivity contribution < 1.29 is 9.84 Å². The Hall–Kier alpha value is -2.94. The Balaban J connectivity index is 1.21. The van der Waals surface area contributed by atoms with Crippen LogP contribution in [0, 0.1) is 0 Å². The summed E-state index contributed by atoms with van der Waals surface area (Å²) in [7, 11) is 2.19. The zero-order chi connectivity index (χ0) is 27.8. The molecular weight excluding hydrogens is 512 g/mol. The number of nitrogens with zero attached hydrogens (tertiary/aromatic N) is 5. The number of ether oxygens (including phenoxy) is 1. The standard InChI is InChI=1S/C33H44N6O2/c1-37-16-6-11-27(37)22-41-33-35-29-21-38(17-15-28(29)32(36-33)39-19-25-13-14-26(20-39)34-25)30-12-5-10-24-9-4-8-23(31(24)30)7-2-3-18-40/h4-5,8-10,12,25-27,34,40H,2-3,6-7,11,13-22H2,1H3/t25-,26+,27?. The molecular formula is C33H44N6O2. The minimum absolute atomic E-state index is 0.249. The minimum atomic E-state index is 0.249. The van der Waals surface area contributed by atoms with Crippen molar-refractivity contribution >= 4 is 22.3 Å². The summed E-state index contributed by atoms with van der Waals surface area (Å²) in [5.41, 5.74) is 5.05. The van der Waals surface area contributed by atoms with Crippen molar-refractivity contribution in [2.75, 3.05) is 56.2 Å². The van der Waals surface area contributed by atoms with Crippen LogP contribution >= 0.6 is 0 Å². The Bertz CT molecular complexity index is 1360. The van der Waals surface area contributed by atoms with E-state index in [9.17, 15) is 5.11 Å². The fourth-order valence-electron chi connectivity index (χ4n) is 7.55. The lowest BCUT2D eigenvalue weighted by molar-refractivity contribution is 0.187. The number of hydrogen-bond donors (Lipinski definition) is 2. The van der Waals surface area contributed by atoms with Gasteiger partial charge in [0.05, 0.1) is 12.2 Å². The molecule has 7 rings (SSSR count). The van der Waals surface area contributed by atoms with Crippen molar-refractivity contribution in [2.24, 2.45) is 0 Å². The van der Waals surface area contributed by atoms with E-state index in [0.29, 0.717) is 30.7 Å². The maximum Gasteiger partial charge on any atom is 0.318 e. The number of aliphatic hydroxyl groups excluding tert-OH is 1. The Morgan fingerprint density at radius 1 is 0.976 bits per heavy atom. The molecule has 8 heteroatoms. The average molecular weight is 557 g/mol. The minimum Gasteiger partial charge on any atom is -0.462 e. The zero-order valence-electron chi connectivity index (χ0n) is 24.4. The predicted octanol–water partition coefficient (Wildman–Crippen LogP) is 3.92. The van der Waals surface area contributed by atoms with E-state index in [1.807, 2.05) is 0 Å². The van der Waals surface area contributed by atoms with E-state index >= 15 is 0 Å². The van der Waals surface area contributed by atoms with Gasteiger partial charge in [0.15, 0.2) is 0 Å². The molecule has 4 aliphatic heterocycles. The molecule has 0 aliphatic carbocycles. The van der Waals surface area contributed by atoms with Crippen molar-refractivity contribution in [1.82, 2.24) is 20.2 Å². The highest BCUT2D eigenvalue weighted by atomic mass is 16.5. The first-order valence-corrected chi connectivity index (χ1v) is 15.8. The van der Waals surface area contributed by atoms with Gasteiger partial charge < -0.3 is 29.9 Å². The summed E-state index contributed by atoms with van der Waals surface area (Å²) in [5, 5.41) is 15.7. The van der Waals surface area contributed by atoms with Crippen LogP contribution in [0.5, 0.6) is 6.01 Å². The number of likely N-dealkylation sites (N-methyl/N-ethyl adjacent to an activating group) is 1. The van der Waals surface area contributed by atoms with E-state index in [1.165, 1.54) is 53.3 Å². The Labute approximate surface area is 243 Å². The molecule has 4 aliphatic rings. The number of benzene rings is 2. The second-order valence-corrected chi connectivity index (χ2v) is 12.5. The third-order valence-corrected chi connectivity index (χ3v) is 9.78. The first-order chi connectivity index (χ1) is 20.2. The second-order valence-electron chi connectivity index (χ2n) is 12.5. The molecule has 0 spiro atoms. The van der Waals surface area contributed by atoms with Crippen LogP contribution in [0.1, 0.15) is 55.3 Å². The third-order valence-electron chi connectivity index (χ3n) is 9.78. The fourth-order valence-corrected chi connectivity index (χ4v) is 7.55. The van der Waals surface area contributed by atoms with Gasteiger partial charge in [-0.15, -0.1) is 0 Å². The summed E-state index contributed by atoms with van der Waals surface area (Å²) in [6.07, 6.45) is 8.64. The van der Waals surface area contributed by atoms with Crippen molar-refractivity contribution in [1.29, 1.82) is 0 Å². The molecule has 218 valence electrons. The van der Waals surface area contributed by atoms with Crippen LogP contribution in [0.3, 0.4) is 0 Å². The smallest absolute Gasteiger partial charge is 0.318 e. The molecule has 0 saturated carbocycles. The third kappa shape index (κ3) is 5.49. The van der Waals surface area contributed by atoms with E-state index < -0.39 is 0 Å². The monoisotopic (exact) mass is 556 g/mol. The number of nitrogens with one attached hydrogen (secondary N) is 1. The highest BCUT2D eigenvalue weighted by Gasteiger charge is 2.35. The van der Waals surface area contributed by atoms with E-state index in [2.05, 4.69) is 63.5 Å². The highest BCUT2D eigenvalue weighted by molar-refractivity contribution is 5.97. The van der Waals surface area contributed by atoms with E-state index in [-0.39, 0.29) is 6.61 Å². The summed E-state index contributed by atoms with van der Waals surface area (Å²) in [6, 6.07) is 15.4. The first-order valence-electron chi connectivity index (χ1n) is 15.8. The summed E-state index contributed by atoms with van der Waals surface area (Å²) in [6.45, 7) is 5.75. The molecule has 41 heavy (non-hydrogen) atoms. The van der Waals surface area contributed by atoms with Gasteiger partial charge in [0.25, 0.3) is 0 Å². The number of hydrogen-bond acceptors (Lipinski definition) is 8. The number of fused-ring (bicyclic) bond motifs is 4. The maximum atomic E-state index is 9.35.